The van der Waals surface area contributed by atoms with Gasteiger partial charge in [-0.05, 0) is 31.2 Å². The highest BCUT2D eigenvalue weighted by Gasteiger charge is 2.43. The van der Waals surface area contributed by atoms with Gasteiger partial charge in [0.15, 0.2) is 17.1 Å². The highest BCUT2D eigenvalue weighted by Crippen LogP contribution is 2.43. The van der Waals surface area contributed by atoms with Crippen molar-refractivity contribution in [1.29, 1.82) is 0 Å². The molecule has 0 spiro atoms. The number of hydrogen-bond donors (Lipinski definition) is 7. The van der Waals surface area contributed by atoms with E-state index in [4.69, 9.17) is 13.9 Å². The molecule has 0 amide bonds. The van der Waals surface area contributed by atoms with E-state index >= 15 is 0 Å². The number of aliphatic hydroxyl groups is 3. The molecule has 0 unspecified atom stereocenters. The summed E-state index contributed by atoms with van der Waals surface area (Å²) >= 11 is 0. The quantitative estimate of drug-likeness (QED) is 0.276. The van der Waals surface area contributed by atoms with Crippen molar-refractivity contribution in [3.63, 3.8) is 0 Å². The van der Waals surface area contributed by atoms with Gasteiger partial charge in [-0.25, -0.2) is 0 Å². The van der Waals surface area contributed by atoms with Crippen molar-refractivity contribution in [2.45, 2.75) is 37.6 Å². The van der Waals surface area contributed by atoms with Crippen LogP contribution in [0.1, 0.15) is 6.92 Å². The van der Waals surface area contributed by atoms with Crippen LogP contribution >= 0.6 is 0 Å². The number of benzene rings is 2. The van der Waals surface area contributed by atoms with Crippen LogP contribution < -0.4 is 10.2 Å². The molecular formula is C21H20O11. The van der Waals surface area contributed by atoms with Crippen molar-refractivity contribution in [2.75, 3.05) is 0 Å². The Morgan fingerprint density at radius 2 is 1.56 bits per heavy atom. The zero-order valence-corrected chi connectivity index (χ0v) is 16.5. The minimum absolute atomic E-state index is 0.0693. The molecule has 1 fully saturated rings. The molecule has 11 nitrogen and oxygen atoms in total. The number of rotatable bonds is 3. The number of hydrogen-bond acceptors (Lipinski definition) is 11. The van der Waals surface area contributed by atoms with Crippen molar-refractivity contribution in [1.82, 2.24) is 0 Å². The number of aromatic hydroxyl groups is 4. The van der Waals surface area contributed by atoms with Crippen LogP contribution in [-0.4, -0.2) is 66.5 Å². The van der Waals surface area contributed by atoms with Crippen LogP contribution in [0.3, 0.4) is 0 Å². The third-order valence-electron chi connectivity index (χ3n) is 5.24. The summed E-state index contributed by atoms with van der Waals surface area (Å²) < 4.78 is 16.2. The van der Waals surface area contributed by atoms with Crippen LogP contribution in [0.4, 0.5) is 0 Å². The predicted octanol–water partition coefficient (Wildman–Crippen LogP) is 0.489. The maximum Gasteiger partial charge on any atom is 0.238 e. The van der Waals surface area contributed by atoms with Crippen LogP contribution in [0.25, 0.3) is 22.3 Å². The summed E-state index contributed by atoms with van der Waals surface area (Å²) in [6.07, 6.45) is -7.14. The van der Waals surface area contributed by atoms with Gasteiger partial charge in [0.1, 0.15) is 35.2 Å². The molecule has 1 saturated heterocycles. The van der Waals surface area contributed by atoms with Crippen molar-refractivity contribution in [3.8, 4) is 40.1 Å². The molecule has 0 aliphatic carbocycles. The van der Waals surface area contributed by atoms with Crippen molar-refractivity contribution < 1.29 is 49.6 Å². The van der Waals surface area contributed by atoms with E-state index in [1.165, 1.54) is 31.2 Å². The van der Waals surface area contributed by atoms with Crippen LogP contribution in [0.5, 0.6) is 28.7 Å². The minimum atomic E-state index is -1.70. The molecule has 170 valence electrons. The summed E-state index contributed by atoms with van der Waals surface area (Å²) in [4.78, 5) is 12.6. The van der Waals surface area contributed by atoms with Gasteiger partial charge in [0.2, 0.25) is 23.2 Å². The third-order valence-corrected chi connectivity index (χ3v) is 5.24. The Kier molecular flexibility index (Phi) is 5.34. The average Bonchev–Trinajstić information content (AvgIpc) is 2.76. The topological polar surface area (TPSA) is 190 Å². The molecular weight excluding hydrogens is 428 g/mol. The molecule has 1 aliphatic rings. The first kappa shape index (κ1) is 21.7. The van der Waals surface area contributed by atoms with Gasteiger partial charge in [0.25, 0.3) is 0 Å². The van der Waals surface area contributed by atoms with E-state index in [0.717, 1.165) is 6.07 Å². The second-order valence-corrected chi connectivity index (χ2v) is 7.40. The van der Waals surface area contributed by atoms with Crippen LogP contribution in [-0.2, 0) is 4.74 Å². The minimum Gasteiger partial charge on any atom is -0.508 e. The number of aliphatic hydroxyl groups excluding tert-OH is 3. The lowest BCUT2D eigenvalue weighted by Crippen LogP contribution is -2.58. The van der Waals surface area contributed by atoms with E-state index in [9.17, 15) is 40.5 Å². The molecule has 1 aliphatic heterocycles. The fourth-order valence-corrected chi connectivity index (χ4v) is 3.44. The van der Waals surface area contributed by atoms with Crippen LogP contribution in [0, 0.1) is 0 Å². The van der Waals surface area contributed by atoms with Gasteiger partial charge in [-0.2, -0.15) is 0 Å². The van der Waals surface area contributed by atoms with Crippen LogP contribution in [0.2, 0.25) is 0 Å². The number of phenolic OH excluding ortho intramolecular Hbond substituents is 3. The fourth-order valence-electron chi connectivity index (χ4n) is 3.44. The van der Waals surface area contributed by atoms with E-state index in [1.807, 2.05) is 0 Å². The zero-order chi connectivity index (χ0) is 23.3. The average molecular weight is 448 g/mol. The van der Waals surface area contributed by atoms with Gasteiger partial charge < -0.3 is 49.6 Å². The summed E-state index contributed by atoms with van der Waals surface area (Å²) in [5.41, 5.74) is -1.36. The smallest absolute Gasteiger partial charge is 0.238 e. The van der Waals surface area contributed by atoms with E-state index in [2.05, 4.69) is 0 Å². The highest BCUT2D eigenvalue weighted by molar-refractivity contribution is 5.93. The molecule has 2 heterocycles. The molecule has 5 atom stereocenters. The first-order chi connectivity index (χ1) is 15.1. The number of fused-ring (bicyclic) bond motifs is 1. The zero-order valence-electron chi connectivity index (χ0n) is 16.5. The molecule has 0 bridgehead atoms. The Labute approximate surface area is 179 Å². The second kappa shape index (κ2) is 7.88. The Hall–Kier alpha value is -3.51. The third kappa shape index (κ3) is 3.46. The Morgan fingerprint density at radius 1 is 0.906 bits per heavy atom. The molecule has 7 N–H and O–H groups in total. The summed E-state index contributed by atoms with van der Waals surface area (Å²) in [6, 6.07) is 6.15. The van der Waals surface area contributed by atoms with E-state index in [-0.39, 0.29) is 17.1 Å². The highest BCUT2D eigenvalue weighted by atomic mass is 16.7. The lowest BCUT2D eigenvalue weighted by Gasteiger charge is -2.38. The molecule has 2 aromatic carbocycles. The Bertz CT molecular complexity index is 1220. The lowest BCUT2D eigenvalue weighted by atomic mass is 10.00. The largest absolute Gasteiger partial charge is 0.508 e. The maximum absolute atomic E-state index is 12.6. The normalized spacial score (nSPS) is 25.7. The van der Waals surface area contributed by atoms with Crippen molar-refractivity contribution >= 4 is 11.0 Å². The maximum atomic E-state index is 12.6. The van der Waals surface area contributed by atoms with Crippen molar-refractivity contribution in [2.24, 2.45) is 0 Å². The fraction of sp³-hybridized carbons (Fsp3) is 0.286. The van der Waals surface area contributed by atoms with Crippen LogP contribution in [0.15, 0.2) is 39.5 Å². The molecule has 0 radical (unpaired) electrons. The number of ether oxygens (including phenoxy) is 2. The first-order valence-corrected chi connectivity index (χ1v) is 9.50. The molecule has 0 saturated carbocycles. The van der Waals surface area contributed by atoms with Crippen molar-refractivity contribution in [3.05, 3.63) is 40.6 Å². The molecule has 1 aromatic heterocycles. The SMILES string of the molecule is C[C@H]1O[C@@H](Oc2cc(O)c3c(=O)c(O)c(-c4ccc(O)cc4)oc3c2O)[C@@H](O)[C@@H](O)[C@@H]1O. The Morgan fingerprint density at radius 3 is 2.22 bits per heavy atom. The van der Waals surface area contributed by atoms with E-state index in [1.54, 1.807) is 0 Å². The van der Waals surface area contributed by atoms with Gasteiger partial charge in [-0.1, -0.05) is 0 Å². The van der Waals surface area contributed by atoms with Gasteiger partial charge in [0.05, 0.1) is 6.10 Å². The predicted molar refractivity (Wildman–Crippen MR) is 108 cm³/mol. The monoisotopic (exact) mass is 448 g/mol. The molecule has 4 rings (SSSR count). The van der Waals surface area contributed by atoms with Gasteiger partial charge >= 0.3 is 0 Å². The van der Waals surface area contributed by atoms with Gasteiger partial charge in [-0.15, -0.1) is 0 Å². The standard InChI is InChI=1S/C21H20O11/c1-7-13(24)16(27)18(29)21(30-7)31-11-6-10(23)12-15(26)17(28)19(32-20(12)14(11)25)8-2-4-9(22)5-3-8/h2-7,13,16,18,21-25,27-29H,1H3/t7-,13-,16+,18+,21+/m1/s1. The summed E-state index contributed by atoms with van der Waals surface area (Å²) in [7, 11) is 0. The van der Waals surface area contributed by atoms with Gasteiger partial charge in [-0.3, -0.25) is 4.79 Å². The summed E-state index contributed by atoms with van der Waals surface area (Å²) in [6.45, 7) is 1.43. The molecule has 11 heteroatoms. The molecule has 32 heavy (non-hydrogen) atoms. The molecule has 3 aromatic rings. The second-order valence-electron chi connectivity index (χ2n) is 7.40. The van der Waals surface area contributed by atoms with Gasteiger partial charge in [0, 0.05) is 11.6 Å². The Balaban J connectivity index is 1.82. The first-order valence-electron chi connectivity index (χ1n) is 9.50. The summed E-state index contributed by atoms with van der Waals surface area (Å²) in [5, 5.41) is 70.0. The summed E-state index contributed by atoms with van der Waals surface area (Å²) in [5.74, 6) is -3.15. The lowest BCUT2D eigenvalue weighted by molar-refractivity contribution is -0.268. The van der Waals surface area contributed by atoms with E-state index in [0.29, 0.717) is 0 Å². The number of phenols is 3. The van der Waals surface area contributed by atoms with E-state index < -0.39 is 70.1 Å².